The quantitative estimate of drug-likeness (QED) is 0.817. The van der Waals surface area contributed by atoms with Crippen LogP contribution in [-0.4, -0.2) is 77.4 Å². The summed E-state index contributed by atoms with van der Waals surface area (Å²) in [6, 6.07) is 8.98. The molecule has 2 fully saturated rings. The van der Waals surface area contributed by atoms with Gasteiger partial charge in [0.05, 0.1) is 0 Å². The maximum Gasteiger partial charge on any atom is 0.253 e. The van der Waals surface area contributed by atoms with Crippen molar-refractivity contribution >= 4 is 17.6 Å². The topological polar surface area (TPSA) is 90.5 Å². The van der Waals surface area contributed by atoms with Crippen LogP contribution in [0.15, 0.2) is 30.3 Å². The Balaban J connectivity index is 1.57. The number of amides is 2. The van der Waals surface area contributed by atoms with Gasteiger partial charge in [0.15, 0.2) is 5.82 Å². The monoisotopic (exact) mass is 380 g/mol. The molecule has 1 aromatic carbocycles. The van der Waals surface area contributed by atoms with Gasteiger partial charge in [0.25, 0.3) is 5.91 Å². The molecule has 0 radical (unpaired) electrons. The van der Waals surface area contributed by atoms with Crippen molar-refractivity contribution < 1.29 is 9.59 Å². The maximum atomic E-state index is 13.1. The molecule has 28 heavy (non-hydrogen) atoms. The van der Waals surface area contributed by atoms with E-state index in [1.165, 1.54) is 0 Å². The van der Waals surface area contributed by atoms with E-state index in [4.69, 9.17) is 0 Å². The number of anilines is 1. The summed E-state index contributed by atoms with van der Waals surface area (Å²) < 4.78 is 0. The zero-order valence-corrected chi connectivity index (χ0v) is 16.1. The molecule has 0 aliphatic carbocycles. The summed E-state index contributed by atoms with van der Waals surface area (Å²) in [5.41, 5.74) is 2.23. The van der Waals surface area contributed by atoms with Gasteiger partial charge in [0, 0.05) is 62.7 Å². The van der Waals surface area contributed by atoms with E-state index in [1.54, 1.807) is 11.0 Å². The number of aromatic nitrogens is 2. The molecule has 4 rings (SSSR count). The highest BCUT2D eigenvalue weighted by molar-refractivity contribution is 5.96. The lowest BCUT2D eigenvalue weighted by atomic mass is 10.1. The molecule has 1 atom stereocenters. The van der Waals surface area contributed by atoms with Gasteiger partial charge in [0.1, 0.15) is 11.9 Å². The van der Waals surface area contributed by atoms with E-state index < -0.39 is 0 Å². The Morgan fingerprint density at radius 3 is 2.89 bits per heavy atom. The van der Waals surface area contributed by atoms with E-state index in [0.717, 1.165) is 30.2 Å². The van der Waals surface area contributed by atoms with Gasteiger partial charge < -0.3 is 15.5 Å². The molecule has 0 bridgehead atoms. The number of carbonyl (C=O) groups excluding carboxylic acids is 2. The SMILES string of the molecule is CNc1cc(C)nc(-c2cccc(C(=O)N3CCN4CCNC(=O)[C@@H]4C3)c2)n1. The van der Waals surface area contributed by atoms with E-state index in [-0.39, 0.29) is 17.9 Å². The third-order valence-electron chi connectivity index (χ3n) is 5.26. The second-order valence-corrected chi connectivity index (χ2v) is 7.14. The van der Waals surface area contributed by atoms with Crippen molar-refractivity contribution in [1.29, 1.82) is 0 Å². The number of nitrogens with one attached hydrogen (secondary N) is 2. The van der Waals surface area contributed by atoms with Crippen LogP contribution in [-0.2, 0) is 4.79 Å². The van der Waals surface area contributed by atoms with Crippen LogP contribution in [0, 0.1) is 6.92 Å². The Bertz CT molecular complexity index is 915. The van der Waals surface area contributed by atoms with Crippen molar-refractivity contribution in [2.75, 3.05) is 45.1 Å². The molecule has 0 unspecified atom stereocenters. The molecule has 1 aromatic heterocycles. The molecule has 2 N–H and O–H groups in total. The Morgan fingerprint density at radius 1 is 1.21 bits per heavy atom. The van der Waals surface area contributed by atoms with Gasteiger partial charge in [-0.2, -0.15) is 0 Å². The first kappa shape index (κ1) is 18.4. The first-order valence-corrected chi connectivity index (χ1v) is 9.50. The van der Waals surface area contributed by atoms with Gasteiger partial charge in [-0.05, 0) is 19.1 Å². The van der Waals surface area contributed by atoms with Crippen molar-refractivity contribution in [3.63, 3.8) is 0 Å². The number of carbonyl (C=O) groups is 2. The predicted octanol–water partition coefficient (Wildman–Crippen LogP) is 0.750. The van der Waals surface area contributed by atoms with Crippen LogP contribution < -0.4 is 10.6 Å². The Morgan fingerprint density at radius 2 is 2.07 bits per heavy atom. The maximum absolute atomic E-state index is 13.1. The molecule has 2 aliphatic rings. The summed E-state index contributed by atoms with van der Waals surface area (Å²) in [4.78, 5) is 38.1. The number of hydrogen-bond donors (Lipinski definition) is 2. The number of aryl methyl sites for hydroxylation is 1. The number of benzene rings is 1. The molecule has 2 amide bonds. The fourth-order valence-electron chi connectivity index (χ4n) is 3.76. The molecule has 8 nitrogen and oxygen atoms in total. The molecular formula is C20H24N6O2. The molecule has 146 valence electrons. The molecule has 2 aromatic rings. The summed E-state index contributed by atoms with van der Waals surface area (Å²) in [6.07, 6.45) is 0. The number of piperazine rings is 2. The number of fused-ring (bicyclic) bond motifs is 1. The Kier molecular flexibility index (Phi) is 4.95. The molecular weight excluding hydrogens is 356 g/mol. The van der Waals surface area contributed by atoms with Crippen LogP contribution in [0.4, 0.5) is 5.82 Å². The minimum atomic E-state index is -0.257. The van der Waals surface area contributed by atoms with Gasteiger partial charge in [0.2, 0.25) is 5.91 Å². The average molecular weight is 380 g/mol. The highest BCUT2D eigenvalue weighted by Crippen LogP contribution is 2.21. The summed E-state index contributed by atoms with van der Waals surface area (Å²) in [6.45, 7) is 5.19. The average Bonchev–Trinajstić information content (AvgIpc) is 2.73. The van der Waals surface area contributed by atoms with Crippen LogP contribution in [0.1, 0.15) is 16.1 Å². The van der Waals surface area contributed by atoms with Crippen molar-refractivity contribution in [2.45, 2.75) is 13.0 Å². The van der Waals surface area contributed by atoms with Gasteiger partial charge in [-0.1, -0.05) is 12.1 Å². The first-order chi connectivity index (χ1) is 13.5. The first-order valence-electron chi connectivity index (χ1n) is 9.50. The second kappa shape index (κ2) is 7.55. The van der Waals surface area contributed by atoms with E-state index in [0.29, 0.717) is 31.0 Å². The summed E-state index contributed by atoms with van der Waals surface area (Å²) >= 11 is 0. The van der Waals surface area contributed by atoms with E-state index in [9.17, 15) is 9.59 Å². The highest BCUT2D eigenvalue weighted by Gasteiger charge is 2.36. The van der Waals surface area contributed by atoms with Crippen LogP contribution in [0.3, 0.4) is 0 Å². The number of hydrogen-bond acceptors (Lipinski definition) is 6. The van der Waals surface area contributed by atoms with Gasteiger partial charge in [-0.3, -0.25) is 14.5 Å². The van der Waals surface area contributed by atoms with Gasteiger partial charge in [-0.25, -0.2) is 9.97 Å². The lowest BCUT2D eigenvalue weighted by Crippen LogP contribution is -2.64. The van der Waals surface area contributed by atoms with Gasteiger partial charge in [-0.15, -0.1) is 0 Å². The molecule has 2 aliphatic heterocycles. The normalized spacial score (nSPS) is 19.7. The molecule has 0 saturated carbocycles. The lowest BCUT2D eigenvalue weighted by Gasteiger charge is -2.43. The van der Waals surface area contributed by atoms with Gasteiger partial charge >= 0.3 is 0 Å². The Hall–Kier alpha value is -3.00. The largest absolute Gasteiger partial charge is 0.373 e. The summed E-state index contributed by atoms with van der Waals surface area (Å²) in [5.74, 6) is 1.25. The lowest BCUT2D eigenvalue weighted by molar-refractivity contribution is -0.131. The van der Waals surface area contributed by atoms with Crippen molar-refractivity contribution in [1.82, 2.24) is 25.1 Å². The van der Waals surface area contributed by atoms with E-state index in [2.05, 4.69) is 25.5 Å². The molecule has 0 spiro atoms. The second-order valence-electron chi connectivity index (χ2n) is 7.14. The zero-order valence-electron chi connectivity index (χ0n) is 16.1. The summed E-state index contributed by atoms with van der Waals surface area (Å²) in [5, 5.41) is 5.91. The molecule has 3 heterocycles. The number of nitrogens with zero attached hydrogens (tertiary/aromatic N) is 4. The molecule has 2 saturated heterocycles. The summed E-state index contributed by atoms with van der Waals surface area (Å²) in [7, 11) is 1.81. The van der Waals surface area contributed by atoms with Crippen molar-refractivity contribution in [3.8, 4) is 11.4 Å². The van der Waals surface area contributed by atoms with Crippen LogP contribution in [0.2, 0.25) is 0 Å². The minimum Gasteiger partial charge on any atom is -0.373 e. The fraction of sp³-hybridized carbons (Fsp3) is 0.400. The zero-order chi connectivity index (χ0) is 19.7. The fourth-order valence-corrected chi connectivity index (χ4v) is 3.76. The molecule has 8 heteroatoms. The Labute approximate surface area is 164 Å². The van der Waals surface area contributed by atoms with Crippen LogP contribution >= 0.6 is 0 Å². The van der Waals surface area contributed by atoms with Crippen molar-refractivity contribution in [2.24, 2.45) is 0 Å². The predicted molar refractivity (Wildman–Crippen MR) is 106 cm³/mol. The minimum absolute atomic E-state index is 0.00487. The van der Waals surface area contributed by atoms with E-state index in [1.807, 2.05) is 38.2 Å². The van der Waals surface area contributed by atoms with Crippen LogP contribution in [0.25, 0.3) is 11.4 Å². The third-order valence-corrected chi connectivity index (χ3v) is 5.26. The number of rotatable bonds is 3. The van der Waals surface area contributed by atoms with Crippen molar-refractivity contribution in [3.05, 3.63) is 41.6 Å². The van der Waals surface area contributed by atoms with E-state index >= 15 is 0 Å². The highest BCUT2D eigenvalue weighted by atomic mass is 16.2. The standard InChI is InChI=1S/C20H24N6O2/c1-13-10-17(21-2)24-18(23-13)14-4-3-5-15(11-14)20(28)26-9-8-25-7-6-22-19(27)16(25)12-26/h3-5,10-11,16H,6-9,12H2,1-2H3,(H,22,27)(H,21,23,24)/t16-/m0/s1. The van der Waals surface area contributed by atoms with Crippen LogP contribution in [0.5, 0.6) is 0 Å². The smallest absolute Gasteiger partial charge is 0.253 e. The third kappa shape index (κ3) is 3.55.